The van der Waals surface area contributed by atoms with Crippen molar-refractivity contribution >= 4 is 17.6 Å². The molecule has 0 saturated carbocycles. The Balaban J connectivity index is 1.58. The third kappa shape index (κ3) is 3.94. The fourth-order valence-corrected chi connectivity index (χ4v) is 4.31. The Morgan fingerprint density at radius 2 is 1.93 bits per heavy atom. The summed E-state index contributed by atoms with van der Waals surface area (Å²) in [6.07, 6.45) is 1.38. The van der Waals surface area contributed by atoms with Gasteiger partial charge in [0.15, 0.2) is 6.10 Å². The maximum Gasteiger partial charge on any atom is 0.321 e. The third-order valence-electron chi connectivity index (χ3n) is 5.68. The number of urea groups is 1. The van der Waals surface area contributed by atoms with Gasteiger partial charge in [-0.3, -0.25) is 4.79 Å². The first-order valence-electron chi connectivity index (χ1n) is 10.1. The van der Waals surface area contributed by atoms with E-state index in [4.69, 9.17) is 9.47 Å². The van der Waals surface area contributed by atoms with Crippen molar-refractivity contribution in [3.05, 3.63) is 24.3 Å². The predicted octanol–water partition coefficient (Wildman–Crippen LogP) is 2.96. The molecule has 0 radical (unpaired) electrons. The average Bonchev–Trinajstić information content (AvgIpc) is 2.68. The standard InChI is InChI=1S/C21H31N3O4/c1-5-28-17-9-7-6-8-16(17)22-21(26)23-12-10-15(11-13-23)18-19(27-4)20(25)24(18)14(2)3/h6-9,14-15,18-19H,5,10-13H2,1-4H3,(H,22,26)/t18-,19+/m1/s1. The van der Waals surface area contributed by atoms with Crippen LogP contribution in [0.1, 0.15) is 33.6 Å². The molecule has 154 valence electrons. The first kappa shape index (κ1) is 20.5. The van der Waals surface area contributed by atoms with E-state index in [1.54, 1.807) is 7.11 Å². The summed E-state index contributed by atoms with van der Waals surface area (Å²) in [5.74, 6) is 1.11. The first-order chi connectivity index (χ1) is 13.5. The number of para-hydroxylation sites is 2. The van der Waals surface area contributed by atoms with E-state index in [9.17, 15) is 9.59 Å². The Morgan fingerprint density at radius 3 is 2.54 bits per heavy atom. The minimum absolute atomic E-state index is 0.0789. The Labute approximate surface area is 167 Å². The van der Waals surface area contributed by atoms with Crippen LogP contribution >= 0.6 is 0 Å². The molecule has 1 aromatic carbocycles. The Bertz CT molecular complexity index is 701. The quantitative estimate of drug-likeness (QED) is 0.760. The van der Waals surface area contributed by atoms with Crippen LogP contribution in [0.25, 0.3) is 0 Å². The SMILES string of the molecule is CCOc1ccccc1NC(=O)N1CCC([C@@H]2[C@H](OC)C(=O)N2C(C)C)CC1. The molecule has 2 aliphatic rings. The molecule has 2 aliphatic heterocycles. The molecule has 2 atom stereocenters. The van der Waals surface area contributed by atoms with Gasteiger partial charge in [-0.1, -0.05) is 12.1 Å². The molecule has 1 N–H and O–H groups in total. The fraction of sp³-hybridized carbons (Fsp3) is 0.619. The number of nitrogens with zero attached hydrogens (tertiary/aromatic N) is 2. The van der Waals surface area contributed by atoms with Crippen LogP contribution in [0.2, 0.25) is 0 Å². The van der Waals surface area contributed by atoms with Crippen LogP contribution < -0.4 is 10.1 Å². The van der Waals surface area contributed by atoms with Gasteiger partial charge in [0.1, 0.15) is 5.75 Å². The van der Waals surface area contributed by atoms with Gasteiger partial charge in [-0.05, 0) is 51.7 Å². The summed E-state index contributed by atoms with van der Waals surface area (Å²) in [6, 6.07) is 7.63. The lowest BCUT2D eigenvalue weighted by molar-refractivity contribution is -0.181. The maximum absolute atomic E-state index is 12.7. The Hall–Kier alpha value is -2.28. The summed E-state index contributed by atoms with van der Waals surface area (Å²) in [6.45, 7) is 7.87. The number of β-lactam (4-membered cyclic amide) rings is 1. The van der Waals surface area contributed by atoms with Gasteiger partial charge in [0, 0.05) is 26.2 Å². The van der Waals surface area contributed by atoms with E-state index < -0.39 is 0 Å². The molecule has 7 heteroatoms. The molecule has 1 aromatic rings. The first-order valence-corrected chi connectivity index (χ1v) is 10.1. The molecular weight excluding hydrogens is 358 g/mol. The van der Waals surface area contributed by atoms with Crippen LogP contribution in [0.4, 0.5) is 10.5 Å². The monoisotopic (exact) mass is 389 g/mol. The molecule has 2 saturated heterocycles. The normalized spacial score (nSPS) is 23.0. The van der Waals surface area contributed by atoms with Crippen LogP contribution in [0, 0.1) is 5.92 Å². The van der Waals surface area contributed by atoms with Gasteiger partial charge in [-0.25, -0.2) is 4.79 Å². The topological polar surface area (TPSA) is 71.1 Å². The molecule has 2 heterocycles. The summed E-state index contributed by atoms with van der Waals surface area (Å²) in [5, 5.41) is 2.96. The van der Waals surface area contributed by atoms with Gasteiger partial charge in [-0.2, -0.15) is 0 Å². The predicted molar refractivity (Wildman–Crippen MR) is 107 cm³/mol. The van der Waals surface area contributed by atoms with Crippen LogP contribution in [-0.2, 0) is 9.53 Å². The number of hydrogen-bond acceptors (Lipinski definition) is 4. The largest absolute Gasteiger partial charge is 0.492 e. The third-order valence-corrected chi connectivity index (χ3v) is 5.68. The minimum atomic E-state index is -0.342. The molecule has 0 aromatic heterocycles. The number of benzene rings is 1. The van der Waals surface area contributed by atoms with Crippen molar-refractivity contribution in [2.45, 2.75) is 51.8 Å². The van der Waals surface area contributed by atoms with E-state index in [1.807, 2.05) is 54.8 Å². The number of amides is 3. The van der Waals surface area contributed by atoms with Crippen molar-refractivity contribution < 1.29 is 19.1 Å². The van der Waals surface area contributed by atoms with Gasteiger partial charge >= 0.3 is 6.03 Å². The number of likely N-dealkylation sites (tertiary alicyclic amines) is 2. The maximum atomic E-state index is 12.7. The molecule has 0 spiro atoms. The second-order valence-corrected chi connectivity index (χ2v) is 7.67. The van der Waals surface area contributed by atoms with Gasteiger partial charge in [0.2, 0.25) is 0 Å². The molecule has 3 rings (SSSR count). The van der Waals surface area contributed by atoms with Crippen molar-refractivity contribution in [2.75, 3.05) is 32.1 Å². The summed E-state index contributed by atoms with van der Waals surface area (Å²) in [7, 11) is 1.60. The zero-order valence-corrected chi connectivity index (χ0v) is 17.2. The number of hydrogen-bond donors (Lipinski definition) is 1. The van der Waals surface area contributed by atoms with Crippen molar-refractivity contribution in [3.8, 4) is 5.75 Å². The van der Waals surface area contributed by atoms with Crippen LogP contribution in [0.15, 0.2) is 24.3 Å². The number of methoxy groups -OCH3 is 1. The van der Waals surface area contributed by atoms with Gasteiger partial charge in [-0.15, -0.1) is 0 Å². The second kappa shape index (κ2) is 8.82. The van der Waals surface area contributed by atoms with Crippen molar-refractivity contribution in [2.24, 2.45) is 5.92 Å². The Kier molecular flexibility index (Phi) is 6.44. The van der Waals surface area contributed by atoms with E-state index in [2.05, 4.69) is 5.32 Å². The zero-order valence-electron chi connectivity index (χ0n) is 17.2. The van der Waals surface area contributed by atoms with E-state index >= 15 is 0 Å². The molecule has 0 bridgehead atoms. The molecule has 3 amide bonds. The van der Waals surface area contributed by atoms with Crippen molar-refractivity contribution in [1.82, 2.24) is 9.80 Å². The molecule has 0 aliphatic carbocycles. The summed E-state index contributed by atoms with van der Waals surface area (Å²) >= 11 is 0. The van der Waals surface area contributed by atoms with Crippen molar-refractivity contribution in [1.29, 1.82) is 0 Å². The minimum Gasteiger partial charge on any atom is -0.492 e. The van der Waals surface area contributed by atoms with E-state index in [0.29, 0.717) is 37.1 Å². The fourth-order valence-electron chi connectivity index (χ4n) is 4.31. The van der Waals surface area contributed by atoms with Gasteiger partial charge < -0.3 is 24.6 Å². The summed E-state index contributed by atoms with van der Waals surface area (Å²) in [5.41, 5.74) is 0.687. The van der Waals surface area contributed by atoms with E-state index in [-0.39, 0.29) is 30.1 Å². The number of carbonyl (C=O) groups excluding carboxylic acids is 2. The van der Waals surface area contributed by atoms with Crippen LogP contribution in [0.3, 0.4) is 0 Å². The van der Waals surface area contributed by atoms with Gasteiger partial charge in [0.25, 0.3) is 5.91 Å². The highest BCUT2D eigenvalue weighted by Gasteiger charge is 2.52. The lowest BCUT2D eigenvalue weighted by Gasteiger charge is -2.53. The van der Waals surface area contributed by atoms with Gasteiger partial charge in [0.05, 0.1) is 18.3 Å². The van der Waals surface area contributed by atoms with Crippen LogP contribution in [0.5, 0.6) is 5.75 Å². The molecule has 28 heavy (non-hydrogen) atoms. The zero-order chi connectivity index (χ0) is 20.3. The number of anilines is 1. The van der Waals surface area contributed by atoms with Crippen LogP contribution in [-0.4, -0.2) is 66.7 Å². The lowest BCUT2D eigenvalue weighted by Crippen LogP contribution is -2.70. The molecule has 0 unspecified atom stereocenters. The number of carbonyl (C=O) groups is 2. The highest BCUT2D eigenvalue weighted by molar-refractivity contribution is 5.91. The molecular formula is C21H31N3O4. The highest BCUT2D eigenvalue weighted by Crippen LogP contribution is 2.36. The Morgan fingerprint density at radius 1 is 1.25 bits per heavy atom. The summed E-state index contributed by atoms with van der Waals surface area (Å²) in [4.78, 5) is 28.7. The molecule has 2 fully saturated rings. The van der Waals surface area contributed by atoms with Crippen molar-refractivity contribution in [3.63, 3.8) is 0 Å². The van der Waals surface area contributed by atoms with E-state index in [0.717, 1.165) is 12.8 Å². The number of piperidine rings is 1. The summed E-state index contributed by atoms with van der Waals surface area (Å²) < 4.78 is 11.0. The average molecular weight is 389 g/mol. The number of ether oxygens (including phenoxy) is 2. The smallest absolute Gasteiger partial charge is 0.321 e. The number of nitrogens with one attached hydrogen (secondary N) is 1. The van der Waals surface area contributed by atoms with E-state index in [1.165, 1.54) is 0 Å². The number of rotatable bonds is 6. The molecule has 7 nitrogen and oxygen atoms in total. The highest BCUT2D eigenvalue weighted by atomic mass is 16.5. The lowest BCUT2D eigenvalue weighted by atomic mass is 9.79. The second-order valence-electron chi connectivity index (χ2n) is 7.67.